The zero-order valence-electron chi connectivity index (χ0n) is 16.9. The number of halogens is 1. The van der Waals surface area contributed by atoms with E-state index in [1.807, 2.05) is 48.4 Å². The summed E-state index contributed by atoms with van der Waals surface area (Å²) in [6.45, 7) is 10.2. The number of carbonyl (C=O) groups is 1. The van der Waals surface area contributed by atoms with Gasteiger partial charge >= 0.3 is 0 Å². The number of pyridine rings is 1. The minimum atomic E-state index is -0.466. The molecular weight excluding hydrogens is 374 g/mol. The molecule has 1 unspecified atom stereocenters. The van der Waals surface area contributed by atoms with Gasteiger partial charge in [-0.15, -0.1) is 12.4 Å². The molecule has 152 valence electrons. The van der Waals surface area contributed by atoms with Gasteiger partial charge in [-0.1, -0.05) is 12.1 Å². The molecule has 28 heavy (non-hydrogen) atoms. The summed E-state index contributed by atoms with van der Waals surface area (Å²) in [5, 5.41) is 0. The van der Waals surface area contributed by atoms with Gasteiger partial charge in [-0.05, 0) is 56.2 Å². The Kier molecular flexibility index (Phi) is 8.27. The van der Waals surface area contributed by atoms with Crippen LogP contribution >= 0.6 is 12.4 Å². The molecule has 3 rings (SSSR count). The smallest absolute Gasteiger partial charge is 0.263 e. The maximum absolute atomic E-state index is 12.7. The third kappa shape index (κ3) is 5.94. The van der Waals surface area contributed by atoms with Crippen molar-refractivity contribution in [3.63, 3.8) is 0 Å². The second-order valence-corrected chi connectivity index (χ2v) is 7.24. The topological polar surface area (TPSA) is 45.7 Å². The van der Waals surface area contributed by atoms with Gasteiger partial charge in [-0.25, -0.2) is 0 Å². The molecule has 0 bridgehead atoms. The summed E-state index contributed by atoms with van der Waals surface area (Å²) >= 11 is 0. The number of aryl methyl sites for hydroxylation is 2. The molecule has 2 aromatic rings. The molecule has 1 aliphatic rings. The van der Waals surface area contributed by atoms with E-state index in [9.17, 15) is 4.79 Å². The minimum Gasteiger partial charge on any atom is -0.481 e. The molecule has 0 spiro atoms. The Hall–Kier alpha value is -2.11. The van der Waals surface area contributed by atoms with Crippen LogP contribution in [0.15, 0.2) is 42.6 Å². The van der Waals surface area contributed by atoms with Crippen molar-refractivity contribution in [1.82, 2.24) is 14.8 Å². The Balaban J connectivity index is 0.00000280. The minimum absolute atomic E-state index is 0. The van der Waals surface area contributed by atoms with Crippen molar-refractivity contribution in [1.29, 1.82) is 0 Å². The van der Waals surface area contributed by atoms with Crippen LogP contribution in [0, 0.1) is 13.8 Å². The van der Waals surface area contributed by atoms with Gasteiger partial charge in [0.1, 0.15) is 5.75 Å². The Morgan fingerprint density at radius 2 is 1.86 bits per heavy atom. The van der Waals surface area contributed by atoms with Crippen LogP contribution in [0.1, 0.15) is 23.7 Å². The molecule has 1 aliphatic heterocycles. The molecule has 0 N–H and O–H groups in total. The molecule has 5 nitrogen and oxygen atoms in total. The molecule has 1 atom stereocenters. The number of hydrogen-bond donors (Lipinski definition) is 0. The molecule has 2 heterocycles. The standard InChI is InChI=1S/C22H29N3O2.ClH/c1-17-7-8-21(16-18(17)2)27-19(3)22(26)25-14-12-24(13-15-25)11-9-20-6-4-5-10-23-20;/h4-8,10,16,19H,9,11-15H2,1-3H3;1H. The van der Waals surface area contributed by atoms with Gasteiger partial charge in [0.05, 0.1) is 0 Å². The Morgan fingerprint density at radius 1 is 1.11 bits per heavy atom. The molecule has 1 amide bonds. The summed E-state index contributed by atoms with van der Waals surface area (Å²) in [5.74, 6) is 0.825. The number of hydrogen-bond acceptors (Lipinski definition) is 4. The van der Waals surface area contributed by atoms with Gasteiger partial charge in [0.25, 0.3) is 5.91 Å². The van der Waals surface area contributed by atoms with Crippen molar-refractivity contribution in [2.24, 2.45) is 0 Å². The van der Waals surface area contributed by atoms with E-state index in [2.05, 4.69) is 29.8 Å². The van der Waals surface area contributed by atoms with Crippen LogP contribution in [0.25, 0.3) is 0 Å². The highest BCUT2D eigenvalue weighted by molar-refractivity contribution is 5.85. The van der Waals surface area contributed by atoms with Gasteiger partial charge < -0.3 is 9.64 Å². The lowest BCUT2D eigenvalue weighted by molar-refractivity contribution is -0.139. The van der Waals surface area contributed by atoms with E-state index < -0.39 is 6.10 Å². The van der Waals surface area contributed by atoms with Crippen LogP contribution in [0.2, 0.25) is 0 Å². The quantitative estimate of drug-likeness (QED) is 0.742. The predicted molar refractivity (Wildman–Crippen MR) is 114 cm³/mol. The fourth-order valence-corrected chi connectivity index (χ4v) is 3.31. The van der Waals surface area contributed by atoms with Crippen molar-refractivity contribution in [2.75, 3.05) is 32.7 Å². The van der Waals surface area contributed by atoms with Gasteiger partial charge in [0.15, 0.2) is 6.10 Å². The molecule has 0 radical (unpaired) electrons. The number of carbonyl (C=O) groups excluding carboxylic acids is 1. The van der Waals surface area contributed by atoms with E-state index in [4.69, 9.17) is 4.74 Å². The third-order valence-electron chi connectivity index (χ3n) is 5.23. The first kappa shape index (κ1) is 22.2. The van der Waals surface area contributed by atoms with Crippen LogP contribution in [0.3, 0.4) is 0 Å². The van der Waals surface area contributed by atoms with Crippen molar-refractivity contribution >= 4 is 18.3 Å². The van der Waals surface area contributed by atoms with E-state index in [1.54, 1.807) is 0 Å². The maximum atomic E-state index is 12.7. The third-order valence-corrected chi connectivity index (χ3v) is 5.23. The number of aromatic nitrogens is 1. The van der Waals surface area contributed by atoms with Crippen LogP contribution < -0.4 is 4.74 Å². The van der Waals surface area contributed by atoms with Crippen molar-refractivity contribution < 1.29 is 9.53 Å². The zero-order chi connectivity index (χ0) is 19.2. The molecule has 1 saturated heterocycles. The van der Waals surface area contributed by atoms with Crippen molar-refractivity contribution in [3.8, 4) is 5.75 Å². The summed E-state index contributed by atoms with van der Waals surface area (Å²) in [6.07, 6.45) is 2.32. The number of ether oxygens (including phenoxy) is 1. The van der Waals surface area contributed by atoms with Gasteiger partial charge in [-0.3, -0.25) is 14.7 Å². The first-order valence-electron chi connectivity index (χ1n) is 9.68. The lowest BCUT2D eigenvalue weighted by Gasteiger charge is -2.35. The number of amides is 1. The average molecular weight is 404 g/mol. The highest BCUT2D eigenvalue weighted by Crippen LogP contribution is 2.18. The van der Waals surface area contributed by atoms with E-state index in [0.717, 1.165) is 50.6 Å². The summed E-state index contributed by atoms with van der Waals surface area (Å²) in [4.78, 5) is 21.4. The normalized spacial score (nSPS) is 15.6. The molecule has 6 heteroatoms. The van der Waals surface area contributed by atoms with E-state index in [1.165, 1.54) is 11.1 Å². The Labute approximate surface area is 174 Å². The lowest BCUT2D eigenvalue weighted by Crippen LogP contribution is -2.52. The highest BCUT2D eigenvalue weighted by atomic mass is 35.5. The number of rotatable bonds is 6. The molecule has 1 aromatic carbocycles. The first-order valence-corrected chi connectivity index (χ1v) is 9.68. The average Bonchev–Trinajstić information content (AvgIpc) is 2.70. The van der Waals surface area contributed by atoms with Gasteiger partial charge in [0, 0.05) is 51.0 Å². The Bertz CT molecular complexity index is 762. The van der Waals surface area contributed by atoms with Gasteiger partial charge in [-0.2, -0.15) is 0 Å². The van der Waals surface area contributed by atoms with Crippen LogP contribution in [0.4, 0.5) is 0 Å². The predicted octanol–water partition coefficient (Wildman–Crippen LogP) is 3.27. The monoisotopic (exact) mass is 403 g/mol. The largest absolute Gasteiger partial charge is 0.481 e. The molecule has 1 fully saturated rings. The summed E-state index contributed by atoms with van der Waals surface area (Å²) in [7, 11) is 0. The lowest BCUT2D eigenvalue weighted by atomic mass is 10.1. The van der Waals surface area contributed by atoms with Crippen molar-refractivity contribution in [2.45, 2.75) is 33.3 Å². The molecular formula is C22H30ClN3O2. The van der Waals surface area contributed by atoms with E-state index >= 15 is 0 Å². The number of piperazine rings is 1. The maximum Gasteiger partial charge on any atom is 0.263 e. The summed E-state index contributed by atoms with van der Waals surface area (Å²) in [6, 6.07) is 12.0. The van der Waals surface area contributed by atoms with E-state index in [0.29, 0.717) is 0 Å². The van der Waals surface area contributed by atoms with Crippen molar-refractivity contribution in [3.05, 3.63) is 59.4 Å². The molecule has 0 saturated carbocycles. The second kappa shape index (κ2) is 10.4. The number of benzene rings is 1. The fourth-order valence-electron chi connectivity index (χ4n) is 3.31. The second-order valence-electron chi connectivity index (χ2n) is 7.24. The van der Waals surface area contributed by atoms with Crippen LogP contribution in [-0.2, 0) is 11.2 Å². The molecule has 0 aliphatic carbocycles. The fraction of sp³-hybridized carbons (Fsp3) is 0.455. The first-order chi connectivity index (χ1) is 13.0. The Morgan fingerprint density at radius 3 is 2.50 bits per heavy atom. The summed E-state index contributed by atoms with van der Waals surface area (Å²) in [5.41, 5.74) is 3.52. The van der Waals surface area contributed by atoms with E-state index in [-0.39, 0.29) is 18.3 Å². The zero-order valence-corrected chi connectivity index (χ0v) is 17.7. The van der Waals surface area contributed by atoms with Crippen LogP contribution in [0.5, 0.6) is 5.75 Å². The van der Waals surface area contributed by atoms with Crippen LogP contribution in [-0.4, -0.2) is 59.5 Å². The SMILES string of the molecule is Cc1ccc(OC(C)C(=O)N2CCN(CCc3ccccn3)CC2)cc1C.Cl. The van der Waals surface area contributed by atoms with Gasteiger partial charge in [0.2, 0.25) is 0 Å². The number of nitrogens with zero attached hydrogens (tertiary/aromatic N) is 3. The molecule has 1 aromatic heterocycles. The highest BCUT2D eigenvalue weighted by Gasteiger charge is 2.26. The summed E-state index contributed by atoms with van der Waals surface area (Å²) < 4.78 is 5.88.